The lowest BCUT2D eigenvalue weighted by atomic mass is 10.2. The summed E-state index contributed by atoms with van der Waals surface area (Å²) in [6.45, 7) is 0.310. The van der Waals surface area contributed by atoms with E-state index in [9.17, 15) is 4.79 Å². The average molecular weight is 296 g/mol. The summed E-state index contributed by atoms with van der Waals surface area (Å²) in [5.74, 6) is -0.0701. The van der Waals surface area contributed by atoms with Crippen molar-refractivity contribution in [3.63, 3.8) is 0 Å². The molecule has 5 heteroatoms. The Bertz CT molecular complexity index is 565. The Morgan fingerprint density at radius 3 is 2.58 bits per heavy atom. The van der Waals surface area contributed by atoms with Crippen LogP contribution in [0, 0.1) is 0 Å². The van der Waals surface area contributed by atoms with E-state index in [1.54, 1.807) is 7.05 Å². The van der Waals surface area contributed by atoms with Gasteiger partial charge in [0.2, 0.25) is 0 Å². The molecule has 0 saturated carbocycles. The van der Waals surface area contributed by atoms with Crippen molar-refractivity contribution < 1.29 is 9.90 Å². The van der Waals surface area contributed by atoms with Crippen molar-refractivity contribution in [2.75, 3.05) is 20.2 Å². The SMILES string of the molecule is CN(CCO)C(=O)c1ccc(-c2ccc(Cl)cc2)s1. The molecule has 0 saturated heterocycles. The van der Waals surface area contributed by atoms with E-state index in [0.717, 1.165) is 10.4 Å². The number of nitrogens with zero attached hydrogens (tertiary/aromatic N) is 1. The second kappa shape index (κ2) is 6.19. The van der Waals surface area contributed by atoms with E-state index in [0.29, 0.717) is 16.4 Å². The molecule has 0 fully saturated rings. The van der Waals surface area contributed by atoms with Gasteiger partial charge in [-0.15, -0.1) is 11.3 Å². The number of benzene rings is 1. The summed E-state index contributed by atoms with van der Waals surface area (Å²) in [4.78, 5) is 15.2. The number of likely N-dealkylation sites (N-methyl/N-ethyl adjacent to an activating group) is 1. The first-order valence-corrected chi connectivity index (χ1v) is 7.03. The molecule has 0 bridgehead atoms. The molecule has 0 aliphatic rings. The third kappa shape index (κ3) is 3.35. The van der Waals surface area contributed by atoms with Gasteiger partial charge in [0.05, 0.1) is 11.5 Å². The highest BCUT2D eigenvalue weighted by Gasteiger charge is 2.14. The number of aliphatic hydroxyl groups is 1. The highest BCUT2D eigenvalue weighted by Crippen LogP contribution is 2.29. The Kier molecular flexibility index (Phi) is 4.58. The molecule has 1 aromatic heterocycles. The Morgan fingerprint density at radius 1 is 1.26 bits per heavy atom. The van der Waals surface area contributed by atoms with Crippen molar-refractivity contribution in [1.29, 1.82) is 0 Å². The zero-order valence-electron chi connectivity index (χ0n) is 10.5. The third-order valence-corrected chi connectivity index (χ3v) is 4.10. The molecule has 0 atom stereocenters. The van der Waals surface area contributed by atoms with Gasteiger partial charge in [0.15, 0.2) is 0 Å². The van der Waals surface area contributed by atoms with Crippen molar-refractivity contribution >= 4 is 28.8 Å². The minimum Gasteiger partial charge on any atom is -0.395 e. The Morgan fingerprint density at radius 2 is 1.95 bits per heavy atom. The maximum absolute atomic E-state index is 12.0. The van der Waals surface area contributed by atoms with Gasteiger partial charge in [0, 0.05) is 23.5 Å². The van der Waals surface area contributed by atoms with Crippen molar-refractivity contribution in [2.45, 2.75) is 0 Å². The van der Waals surface area contributed by atoms with E-state index in [1.165, 1.54) is 16.2 Å². The summed E-state index contributed by atoms with van der Waals surface area (Å²) in [6, 6.07) is 11.3. The maximum atomic E-state index is 12.0. The lowest BCUT2D eigenvalue weighted by Gasteiger charge is -2.13. The molecule has 1 amide bonds. The minimum absolute atomic E-state index is 0.0301. The predicted molar refractivity (Wildman–Crippen MR) is 78.8 cm³/mol. The lowest BCUT2D eigenvalue weighted by Crippen LogP contribution is -2.28. The third-order valence-electron chi connectivity index (χ3n) is 2.73. The van der Waals surface area contributed by atoms with Gasteiger partial charge in [-0.1, -0.05) is 23.7 Å². The van der Waals surface area contributed by atoms with Gasteiger partial charge in [0.25, 0.3) is 5.91 Å². The monoisotopic (exact) mass is 295 g/mol. The molecule has 0 aliphatic carbocycles. The average Bonchev–Trinajstić information content (AvgIpc) is 2.88. The zero-order valence-corrected chi connectivity index (χ0v) is 12.0. The standard InChI is InChI=1S/C14H14ClNO2S/c1-16(8-9-17)14(18)13-7-6-12(19-13)10-2-4-11(15)5-3-10/h2-7,17H,8-9H2,1H3. The van der Waals surface area contributed by atoms with Crippen LogP contribution in [0.1, 0.15) is 9.67 Å². The first kappa shape index (κ1) is 14.1. The number of carbonyl (C=O) groups excluding carboxylic acids is 1. The minimum atomic E-state index is -0.0701. The molecular weight excluding hydrogens is 282 g/mol. The molecule has 2 rings (SSSR count). The van der Waals surface area contributed by atoms with Gasteiger partial charge in [-0.05, 0) is 29.8 Å². The number of halogens is 1. The molecule has 3 nitrogen and oxygen atoms in total. The van der Waals surface area contributed by atoms with E-state index >= 15 is 0 Å². The summed E-state index contributed by atoms with van der Waals surface area (Å²) >= 11 is 7.29. The fourth-order valence-electron chi connectivity index (χ4n) is 1.66. The van der Waals surface area contributed by atoms with Crippen molar-refractivity contribution in [2.24, 2.45) is 0 Å². The van der Waals surface area contributed by atoms with Crippen LogP contribution in [0.4, 0.5) is 0 Å². The molecule has 0 radical (unpaired) electrons. The van der Waals surface area contributed by atoms with E-state index < -0.39 is 0 Å². The van der Waals surface area contributed by atoms with Gasteiger partial charge >= 0.3 is 0 Å². The van der Waals surface area contributed by atoms with Crippen LogP contribution >= 0.6 is 22.9 Å². The van der Waals surface area contributed by atoms with Gasteiger partial charge in [-0.25, -0.2) is 0 Å². The summed E-state index contributed by atoms with van der Waals surface area (Å²) in [5.41, 5.74) is 1.04. The summed E-state index contributed by atoms with van der Waals surface area (Å²) in [6.07, 6.45) is 0. The van der Waals surface area contributed by atoms with Crippen molar-refractivity contribution in [3.8, 4) is 10.4 Å². The number of hydrogen-bond acceptors (Lipinski definition) is 3. The molecule has 1 heterocycles. The van der Waals surface area contributed by atoms with Crippen molar-refractivity contribution in [3.05, 3.63) is 46.3 Å². The van der Waals surface area contributed by atoms with Crippen LogP contribution in [0.25, 0.3) is 10.4 Å². The van der Waals surface area contributed by atoms with Crippen LogP contribution in [0.15, 0.2) is 36.4 Å². The zero-order chi connectivity index (χ0) is 13.8. The van der Waals surface area contributed by atoms with E-state index in [2.05, 4.69) is 0 Å². The van der Waals surface area contributed by atoms with E-state index in [1.807, 2.05) is 36.4 Å². The quantitative estimate of drug-likeness (QED) is 0.941. The normalized spacial score (nSPS) is 10.5. The number of carbonyl (C=O) groups is 1. The molecule has 19 heavy (non-hydrogen) atoms. The fraction of sp³-hybridized carbons (Fsp3) is 0.214. The second-order valence-corrected chi connectivity index (χ2v) is 5.64. The van der Waals surface area contributed by atoms with Crippen LogP contribution in [0.2, 0.25) is 5.02 Å². The van der Waals surface area contributed by atoms with Gasteiger partial charge in [-0.2, -0.15) is 0 Å². The van der Waals surface area contributed by atoms with Gasteiger partial charge in [0.1, 0.15) is 0 Å². The number of aliphatic hydroxyl groups excluding tert-OH is 1. The topological polar surface area (TPSA) is 40.5 Å². The van der Waals surface area contributed by atoms with Gasteiger partial charge < -0.3 is 10.0 Å². The highest BCUT2D eigenvalue weighted by molar-refractivity contribution is 7.17. The lowest BCUT2D eigenvalue weighted by molar-refractivity contribution is 0.0771. The first-order valence-electron chi connectivity index (χ1n) is 5.84. The van der Waals surface area contributed by atoms with Crippen LogP contribution in [0.3, 0.4) is 0 Å². The highest BCUT2D eigenvalue weighted by atomic mass is 35.5. The number of hydrogen-bond donors (Lipinski definition) is 1. The molecule has 0 unspecified atom stereocenters. The van der Waals surface area contributed by atoms with Gasteiger partial charge in [-0.3, -0.25) is 4.79 Å². The van der Waals surface area contributed by atoms with Crippen LogP contribution < -0.4 is 0 Å². The van der Waals surface area contributed by atoms with E-state index in [4.69, 9.17) is 16.7 Å². The maximum Gasteiger partial charge on any atom is 0.263 e. The molecule has 0 aliphatic heterocycles. The second-order valence-electron chi connectivity index (χ2n) is 4.12. The molecule has 0 spiro atoms. The van der Waals surface area contributed by atoms with Crippen LogP contribution in [0.5, 0.6) is 0 Å². The Balaban J connectivity index is 2.19. The smallest absolute Gasteiger partial charge is 0.263 e. The molecule has 2 aromatic rings. The Hall–Kier alpha value is -1.36. The Labute approximate surface area is 121 Å². The first-order chi connectivity index (χ1) is 9.11. The largest absolute Gasteiger partial charge is 0.395 e. The number of amides is 1. The molecular formula is C14H14ClNO2S. The van der Waals surface area contributed by atoms with Crippen LogP contribution in [-0.2, 0) is 0 Å². The predicted octanol–water partition coefficient (Wildman–Crippen LogP) is 3.13. The number of rotatable bonds is 4. The number of thiophene rings is 1. The summed E-state index contributed by atoms with van der Waals surface area (Å²) in [7, 11) is 1.68. The summed E-state index contributed by atoms with van der Waals surface area (Å²) in [5, 5.41) is 9.53. The molecule has 100 valence electrons. The van der Waals surface area contributed by atoms with Crippen molar-refractivity contribution in [1.82, 2.24) is 4.90 Å². The molecule has 1 N–H and O–H groups in total. The molecule has 1 aromatic carbocycles. The van der Waals surface area contributed by atoms with E-state index in [-0.39, 0.29) is 12.5 Å². The van der Waals surface area contributed by atoms with Crippen LogP contribution in [-0.4, -0.2) is 36.1 Å². The summed E-state index contributed by atoms with van der Waals surface area (Å²) < 4.78 is 0. The fourth-order valence-corrected chi connectivity index (χ4v) is 2.79.